The molecule has 1 aromatic carbocycles. The molecule has 1 atom stereocenters. The van der Waals surface area contributed by atoms with Gasteiger partial charge in [0.1, 0.15) is 5.02 Å². The Kier molecular flexibility index (Phi) is 5.47. The Morgan fingerprint density at radius 1 is 1.50 bits per heavy atom. The maximum atomic E-state index is 11.9. The Bertz CT molecular complexity index is 532. The lowest BCUT2D eigenvalue weighted by atomic mass is 10.0. The highest BCUT2D eigenvalue weighted by Crippen LogP contribution is 2.30. The first-order valence-electron chi connectivity index (χ1n) is 6.23. The summed E-state index contributed by atoms with van der Waals surface area (Å²) in [7, 11) is 0. The number of amides is 1. The van der Waals surface area contributed by atoms with Crippen molar-refractivity contribution >= 4 is 28.9 Å². The van der Waals surface area contributed by atoms with Crippen LogP contribution >= 0.6 is 11.6 Å². The number of hydrogen-bond acceptors (Lipinski definition) is 4. The van der Waals surface area contributed by atoms with Crippen LogP contribution < -0.4 is 11.1 Å². The summed E-state index contributed by atoms with van der Waals surface area (Å²) in [6.07, 6.45) is 0.561. The van der Waals surface area contributed by atoms with E-state index >= 15 is 0 Å². The van der Waals surface area contributed by atoms with Crippen LogP contribution in [0.1, 0.15) is 25.8 Å². The van der Waals surface area contributed by atoms with Crippen molar-refractivity contribution in [3.63, 3.8) is 0 Å². The molecule has 0 aliphatic rings. The van der Waals surface area contributed by atoms with E-state index in [0.29, 0.717) is 23.6 Å². The molecule has 0 saturated carbocycles. The van der Waals surface area contributed by atoms with Gasteiger partial charge in [0.25, 0.3) is 5.69 Å². The normalized spacial score (nSPS) is 12.3. The summed E-state index contributed by atoms with van der Waals surface area (Å²) >= 11 is 5.82. The Labute approximate surface area is 122 Å². The van der Waals surface area contributed by atoms with E-state index in [2.05, 4.69) is 5.32 Å². The second-order valence-electron chi connectivity index (χ2n) is 5.10. The van der Waals surface area contributed by atoms with E-state index in [-0.39, 0.29) is 16.6 Å². The van der Waals surface area contributed by atoms with Gasteiger partial charge in [-0.1, -0.05) is 25.4 Å². The molecule has 1 amide bonds. The standard InChI is InChI=1S/C13H18ClN3O3/c1-7(2)4-10(15)13(18)16-11-6-9(14)12(17(19)20)5-8(11)3/h5-7,10H,4,15H2,1-3H3,(H,16,18). The Morgan fingerprint density at radius 2 is 2.10 bits per heavy atom. The highest BCUT2D eigenvalue weighted by molar-refractivity contribution is 6.33. The van der Waals surface area contributed by atoms with Crippen LogP contribution in [0.3, 0.4) is 0 Å². The minimum Gasteiger partial charge on any atom is -0.324 e. The first-order chi connectivity index (χ1) is 9.22. The molecule has 110 valence electrons. The summed E-state index contributed by atoms with van der Waals surface area (Å²) < 4.78 is 0. The third-order valence-corrected chi connectivity index (χ3v) is 3.11. The topological polar surface area (TPSA) is 98.3 Å². The Balaban J connectivity index is 2.91. The predicted molar refractivity (Wildman–Crippen MR) is 78.9 cm³/mol. The highest BCUT2D eigenvalue weighted by atomic mass is 35.5. The molecule has 3 N–H and O–H groups in total. The van der Waals surface area contributed by atoms with Crippen molar-refractivity contribution in [1.82, 2.24) is 0 Å². The molecule has 1 aromatic rings. The highest BCUT2D eigenvalue weighted by Gasteiger charge is 2.19. The van der Waals surface area contributed by atoms with Gasteiger partial charge in [-0.15, -0.1) is 0 Å². The molecule has 0 aromatic heterocycles. The fourth-order valence-corrected chi connectivity index (χ4v) is 2.01. The molecular weight excluding hydrogens is 282 g/mol. The van der Waals surface area contributed by atoms with Crippen LogP contribution in [0.5, 0.6) is 0 Å². The molecule has 0 radical (unpaired) electrons. The zero-order valence-electron chi connectivity index (χ0n) is 11.6. The van der Waals surface area contributed by atoms with Crippen molar-refractivity contribution < 1.29 is 9.72 Å². The van der Waals surface area contributed by atoms with Crippen LogP contribution in [0.15, 0.2) is 12.1 Å². The summed E-state index contributed by atoms with van der Waals surface area (Å²) in [4.78, 5) is 22.1. The van der Waals surface area contributed by atoms with E-state index in [1.807, 2.05) is 13.8 Å². The number of benzene rings is 1. The number of nitrogens with two attached hydrogens (primary N) is 1. The third-order valence-electron chi connectivity index (χ3n) is 2.81. The maximum absolute atomic E-state index is 11.9. The lowest BCUT2D eigenvalue weighted by Gasteiger charge is -2.15. The summed E-state index contributed by atoms with van der Waals surface area (Å²) in [6, 6.07) is 2.07. The van der Waals surface area contributed by atoms with Gasteiger partial charge in [-0.05, 0) is 30.9 Å². The molecule has 0 spiro atoms. The Morgan fingerprint density at radius 3 is 2.60 bits per heavy atom. The van der Waals surface area contributed by atoms with E-state index in [1.54, 1.807) is 6.92 Å². The van der Waals surface area contributed by atoms with Crippen LogP contribution in [0.2, 0.25) is 5.02 Å². The van der Waals surface area contributed by atoms with Crippen LogP contribution in [-0.4, -0.2) is 16.9 Å². The third kappa shape index (κ3) is 4.18. The van der Waals surface area contributed by atoms with Gasteiger partial charge < -0.3 is 11.1 Å². The van der Waals surface area contributed by atoms with Crippen LogP contribution in [0, 0.1) is 23.0 Å². The molecular formula is C13H18ClN3O3. The number of nitrogens with one attached hydrogen (secondary N) is 1. The summed E-state index contributed by atoms with van der Waals surface area (Å²) in [6.45, 7) is 5.61. The number of anilines is 1. The minimum absolute atomic E-state index is 0.0201. The van der Waals surface area contributed by atoms with E-state index in [0.717, 1.165) is 0 Å². The van der Waals surface area contributed by atoms with E-state index < -0.39 is 11.0 Å². The van der Waals surface area contributed by atoms with Crippen LogP contribution in [0.4, 0.5) is 11.4 Å². The molecule has 0 aliphatic carbocycles. The fourth-order valence-electron chi connectivity index (χ4n) is 1.78. The zero-order chi connectivity index (χ0) is 15.4. The number of carbonyl (C=O) groups is 1. The second kappa shape index (κ2) is 6.67. The smallest absolute Gasteiger partial charge is 0.288 e. The van der Waals surface area contributed by atoms with Gasteiger partial charge in [-0.2, -0.15) is 0 Å². The Hall–Kier alpha value is -1.66. The number of halogens is 1. The van der Waals surface area contributed by atoms with Crippen molar-refractivity contribution in [3.8, 4) is 0 Å². The van der Waals surface area contributed by atoms with E-state index in [4.69, 9.17) is 17.3 Å². The average Bonchev–Trinajstić information content (AvgIpc) is 2.31. The molecule has 0 saturated heterocycles. The fraction of sp³-hybridized carbons (Fsp3) is 0.462. The molecule has 0 aliphatic heterocycles. The summed E-state index contributed by atoms with van der Waals surface area (Å²) in [5.74, 6) is -0.0241. The van der Waals surface area contributed by atoms with Gasteiger partial charge >= 0.3 is 0 Å². The van der Waals surface area contributed by atoms with Gasteiger partial charge in [-0.25, -0.2) is 0 Å². The molecule has 1 rings (SSSR count). The second-order valence-corrected chi connectivity index (χ2v) is 5.51. The number of aryl methyl sites for hydroxylation is 1. The average molecular weight is 300 g/mol. The molecule has 0 bridgehead atoms. The minimum atomic E-state index is -0.622. The van der Waals surface area contributed by atoms with Gasteiger partial charge in [0, 0.05) is 11.8 Å². The van der Waals surface area contributed by atoms with Crippen molar-refractivity contribution in [2.24, 2.45) is 11.7 Å². The first kappa shape index (κ1) is 16.4. The zero-order valence-corrected chi connectivity index (χ0v) is 12.4. The predicted octanol–water partition coefficient (Wildman–Crippen LogP) is 2.87. The number of hydrogen-bond donors (Lipinski definition) is 2. The van der Waals surface area contributed by atoms with Crippen molar-refractivity contribution in [3.05, 3.63) is 32.8 Å². The summed E-state index contributed by atoms with van der Waals surface area (Å²) in [5, 5.41) is 13.4. The molecule has 6 nitrogen and oxygen atoms in total. The number of nitro groups is 1. The molecule has 0 fully saturated rings. The largest absolute Gasteiger partial charge is 0.324 e. The first-order valence-corrected chi connectivity index (χ1v) is 6.61. The number of carbonyl (C=O) groups excluding carboxylic acids is 1. The lowest BCUT2D eigenvalue weighted by molar-refractivity contribution is -0.384. The summed E-state index contributed by atoms with van der Waals surface area (Å²) in [5.41, 5.74) is 6.59. The van der Waals surface area contributed by atoms with Gasteiger partial charge in [-0.3, -0.25) is 14.9 Å². The van der Waals surface area contributed by atoms with Crippen molar-refractivity contribution in [2.45, 2.75) is 33.2 Å². The number of nitro benzene ring substituents is 1. The molecule has 1 unspecified atom stereocenters. The number of rotatable bonds is 5. The van der Waals surface area contributed by atoms with E-state index in [1.165, 1.54) is 12.1 Å². The van der Waals surface area contributed by atoms with Gasteiger partial charge in [0.15, 0.2) is 0 Å². The van der Waals surface area contributed by atoms with Gasteiger partial charge in [0.05, 0.1) is 11.0 Å². The monoisotopic (exact) mass is 299 g/mol. The van der Waals surface area contributed by atoms with E-state index in [9.17, 15) is 14.9 Å². The molecule has 20 heavy (non-hydrogen) atoms. The lowest BCUT2D eigenvalue weighted by Crippen LogP contribution is -2.36. The quantitative estimate of drug-likeness (QED) is 0.645. The SMILES string of the molecule is Cc1cc([N+](=O)[O-])c(Cl)cc1NC(=O)C(N)CC(C)C. The molecule has 7 heteroatoms. The number of nitrogens with zero attached hydrogens (tertiary/aromatic N) is 1. The maximum Gasteiger partial charge on any atom is 0.288 e. The van der Waals surface area contributed by atoms with Crippen molar-refractivity contribution in [1.29, 1.82) is 0 Å². The molecule has 0 heterocycles. The van der Waals surface area contributed by atoms with Crippen LogP contribution in [-0.2, 0) is 4.79 Å². The van der Waals surface area contributed by atoms with Gasteiger partial charge in [0.2, 0.25) is 5.91 Å². The van der Waals surface area contributed by atoms with Crippen LogP contribution in [0.25, 0.3) is 0 Å². The van der Waals surface area contributed by atoms with Crippen molar-refractivity contribution in [2.75, 3.05) is 5.32 Å².